The standard InChI is InChI=1S/C12H22N2O3/c1-9(8-13)4-5-10(15)14-7-3-6-12(14,2)11(16)17/h9H,3-8,13H2,1-2H3,(H,16,17). The summed E-state index contributed by atoms with van der Waals surface area (Å²) in [6, 6.07) is 0. The summed E-state index contributed by atoms with van der Waals surface area (Å²) in [6.07, 6.45) is 2.42. The van der Waals surface area contributed by atoms with E-state index in [2.05, 4.69) is 0 Å². The van der Waals surface area contributed by atoms with Gasteiger partial charge in [-0.25, -0.2) is 4.79 Å². The van der Waals surface area contributed by atoms with Crippen molar-refractivity contribution in [3.05, 3.63) is 0 Å². The van der Waals surface area contributed by atoms with E-state index in [9.17, 15) is 14.7 Å². The van der Waals surface area contributed by atoms with Crippen LogP contribution in [0.3, 0.4) is 0 Å². The number of likely N-dealkylation sites (tertiary alicyclic amines) is 1. The fourth-order valence-electron chi connectivity index (χ4n) is 2.21. The largest absolute Gasteiger partial charge is 0.480 e. The van der Waals surface area contributed by atoms with Gasteiger partial charge in [-0.3, -0.25) is 4.79 Å². The van der Waals surface area contributed by atoms with Crippen molar-refractivity contribution in [3.63, 3.8) is 0 Å². The monoisotopic (exact) mass is 242 g/mol. The average molecular weight is 242 g/mol. The summed E-state index contributed by atoms with van der Waals surface area (Å²) in [5.41, 5.74) is 4.48. The summed E-state index contributed by atoms with van der Waals surface area (Å²) in [7, 11) is 0. The molecule has 1 fully saturated rings. The minimum Gasteiger partial charge on any atom is -0.480 e. The predicted molar refractivity (Wildman–Crippen MR) is 64.4 cm³/mol. The van der Waals surface area contributed by atoms with Gasteiger partial charge in [0.1, 0.15) is 5.54 Å². The number of carbonyl (C=O) groups is 2. The van der Waals surface area contributed by atoms with Crippen molar-refractivity contribution in [2.24, 2.45) is 11.7 Å². The highest BCUT2D eigenvalue weighted by Gasteiger charge is 2.45. The summed E-state index contributed by atoms with van der Waals surface area (Å²) >= 11 is 0. The molecule has 1 rings (SSSR count). The Kier molecular flexibility index (Phi) is 4.51. The van der Waals surface area contributed by atoms with Crippen LogP contribution in [0.15, 0.2) is 0 Å². The Bertz CT molecular complexity index is 306. The van der Waals surface area contributed by atoms with Gasteiger partial charge in [0.15, 0.2) is 0 Å². The average Bonchev–Trinajstić information content (AvgIpc) is 2.69. The van der Waals surface area contributed by atoms with Crippen LogP contribution in [0, 0.1) is 5.92 Å². The van der Waals surface area contributed by atoms with E-state index in [0.717, 1.165) is 12.8 Å². The van der Waals surface area contributed by atoms with E-state index in [-0.39, 0.29) is 5.91 Å². The maximum atomic E-state index is 12.0. The van der Waals surface area contributed by atoms with Gasteiger partial charge in [-0.05, 0) is 38.6 Å². The quantitative estimate of drug-likeness (QED) is 0.748. The minimum atomic E-state index is -1.01. The molecule has 0 aliphatic carbocycles. The van der Waals surface area contributed by atoms with Gasteiger partial charge in [0.2, 0.25) is 5.91 Å². The molecule has 2 atom stereocenters. The van der Waals surface area contributed by atoms with E-state index in [1.807, 2.05) is 6.92 Å². The summed E-state index contributed by atoms with van der Waals surface area (Å²) in [5, 5.41) is 9.20. The van der Waals surface area contributed by atoms with E-state index >= 15 is 0 Å². The molecule has 1 heterocycles. The number of aliphatic carboxylic acids is 1. The lowest BCUT2D eigenvalue weighted by Crippen LogP contribution is -2.50. The highest BCUT2D eigenvalue weighted by molar-refractivity contribution is 5.87. The fourth-order valence-corrected chi connectivity index (χ4v) is 2.21. The van der Waals surface area contributed by atoms with E-state index < -0.39 is 11.5 Å². The third-order valence-corrected chi connectivity index (χ3v) is 3.66. The van der Waals surface area contributed by atoms with Crippen LogP contribution < -0.4 is 5.73 Å². The Balaban J connectivity index is 2.60. The van der Waals surface area contributed by atoms with Crippen LogP contribution in [-0.4, -0.2) is 40.5 Å². The van der Waals surface area contributed by atoms with Crippen molar-refractivity contribution in [2.45, 2.75) is 45.1 Å². The molecular formula is C12H22N2O3. The first-order valence-electron chi connectivity index (χ1n) is 6.15. The minimum absolute atomic E-state index is 0.0623. The summed E-state index contributed by atoms with van der Waals surface area (Å²) in [5.74, 6) is -0.666. The van der Waals surface area contributed by atoms with Gasteiger partial charge in [-0.15, -0.1) is 0 Å². The van der Waals surface area contributed by atoms with E-state index in [0.29, 0.717) is 31.8 Å². The van der Waals surface area contributed by atoms with Crippen molar-refractivity contribution in [3.8, 4) is 0 Å². The first-order valence-corrected chi connectivity index (χ1v) is 6.15. The van der Waals surface area contributed by atoms with Crippen LogP contribution in [0.5, 0.6) is 0 Å². The van der Waals surface area contributed by atoms with Gasteiger partial charge < -0.3 is 15.7 Å². The van der Waals surface area contributed by atoms with Crippen LogP contribution in [-0.2, 0) is 9.59 Å². The maximum Gasteiger partial charge on any atom is 0.329 e. The summed E-state index contributed by atoms with van der Waals surface area (Å²) in [4.78, 5) is 24.7. The number of carbonyl (C=O) groups excluding carboxylic acids is 1. The van der Waals surface area contributed by atoms with E-state index in [4.69, 9.17) is 5.73 Å². The molecule has 0 aromatic rings. The topological polar surface area (TPSA) is 83.6 Å². The first-order chi connectivity index (χ1) is 7.91. The molecule has 5 nitrogen and oxygen atoms in total. The molecule has 0 saturated carbocycles. The highest BCUT2D eigenvalue weighted by Crippen LogP contribution is 2.30. The van der Waals surface area contributed by atoms with Crippen LogP contribution in [0.1, 0.15) is 39.5 Å². The van der Waals surface area contributed by atoms with Gasteiger partial charge in [-0.1, -0.05) is 6.92 Å². The van der Waals surface area contributed by atoms with Gasteiger partial charge in [0.05, 0.1) is 0 Å². The van der Waals surface area contributed by atoms with Crippen LogP contribution >= 0.6 is 0 Å². The second-order valence-electron chi connectivity index (χ2n) is 5.11. The van der Waals surface area contributed by atoms with Gasteiger partial charge >= 0.3 is 5.97 Å². The molecule has 98 valence electrons. The third-order valence-electron chi connectivity index (χ3n) is 3.66. The van der Waals surface area contributed by atoms with Crippen LogP contribution in [0.2, 0.25) is 0 Å². The molecule has 1 aliphatic rings. The van der Waals surface area contributed by atoms with Crippen LogP contribution in [0.25, 0.3) is 0 Å². The van der Waals surface area contributed by atoms with Crippen molar-refractivity contribution in [2.75, 3.05) is 13.1 Å². The fraction of sp³-hybridized carbons (Fsp3) is 0.833. The molecule has 3 N–H and O–H groups in total. The zero-order valence-electron chi connectivity index (χ0n) is 10.6. The Morgan fingerprint density at radius 2 is 2.18 bits per heavy atom. The third kappa shape index (κ3) is 2.97. The lowest BCUT2D eigenvalue weighted by Gasteiger charge is -2.31. The number of hydrogen-bond acceptors (Lipinski definition) is 3. The van der Waals surface area contributed by atoms with E-state index in [1.165, 1.54) is 4.90 Å². The molecule has 1 aliphatic heterocycles. The number of nitrogens with two attached hydrogens (primary N) is 1. The Hall–Kier alpha value is -1.10. The first kappa shape index (κ1) is 14.0. The van der Waals surface area contributed by atoms with Crippen molar-refractivity contribution in [1.82, 2.24) is 4.90 Å². The predicted octanol–water partition coefficient (Wildman–Crippen LogP) is 0.827. The molecule has 1 saturated heterocycles. The lowest BCUT2D eigenvalue weighted by atomic mass is 9.98. The Labute approximate surface area is 102 Å². The molecule has 1 amide bonds. The normalized spacial score (nSPS) is 25.9. The van der Waals surface area contributed by atoms with Crippen molar-refractivity contribution >= 4 is 11.9 Å². The van der Waals surface area contributed by atoms with Crippen molar-refractivity contribution < 1.29 is 14.7 Å². The van der Waals surface area contributed by atoms with Crippen molar-refractivity contribution in [1.29, 1.82) is 0 Å². The smallest absolute Gasteiger partial charge is 0.329 e. The summed E-state index contributed by atoms with van der Waals surface area (Å²) < 4.78 is 0. The SMILES string of the molecule is CC(CN)CCC(=O)N1CCCC1(C)C(=O)O. The zero-order valence-corrected chi connectivity index (χ0v) is 10.6. The number of nitrogens with zero attached hydrogens (tertiary/aromatic N) is 1. The van der Waals surface area contributed by atoms with E-state index in [1.54, 1.807) is 6.92 Å². The lowest BCUT2D eigenvalue weighted by molar-refractivity contribution is -0.155. The Morgan fingerprint density at radius 3 is 2.71 bits per heavy atom. The second-order valence-corrected chi connectivity index (χ2v) is 5.11. The highest BCUT2D eigenvalue weighted by atomic mass is 16.4. The summed E-state index contributed by atoms with van der Waals surface area (Å²) in [6.45, 7) is 4.74. The molecule has 2 unspecified atom stereocenters. The molecular weight excluding hydrogens is 220 g/mol. The van der Waals surface area contributed by atoms with Gasteiger partial charge in [-0.2, -0.15) is 0 Å². The molecule has 0 radical (unpaired) electrons. The van der Waals surface area contributed by atoms with Gasteiger partial charge in [0, 0.05) is 13.0 Å². The Morgan fingerprint density at radius 1 is 1.53 bits per heavy atom. The molecule has 0 aromatic carbocycles. The zero-order chi connectivity index (χ0) is 13.1. The molecule has 0 bridgehead atoms. The second kappa shape index (κ2) is 5.49. The number of hydrogen-bond donors (Lipinski definition) is 2. The molecule has 5 heteroatoms. The molecule has 0 aromatic heterocycles. The molecule has 17 heavy (non-hydrogen) atoms. The molecule has 0 spiro atoms. The van der Waals surface area contributed by atoms with Gasteiger partial charge in [0.25, 0.3) is 0 Å². The van der Waals surface area contributed by atoms with Crippen LogP contribution in [0.4, 0.5) is 0 Å². The number of carboxylic acids is 1. The number of carboxylic acid groups (broad SMARTS) is 1. The maximum absolute atomic E-state index is 12.0. The number of rotatable bonds is 5. The number of amides is 1.